The van der Waals surface area contributed by atoms with Crippen LogP contribution in [-0.4, -0.2) is 35.0 Å². The van der Waals surface area contributed by atoms with Crippen molar-refractivity contribution in [2.75, 3.05) is 18.5 Å². The van der Waals surface area contributed by atoms with Crippen LogP contribution in [0.25, 0.3) is 0 Å². The monoisotopic (exact) mass is 374 g/mol. The molecule has 0 radical (unpaired) electrons. The zero-order chi connectivity index (χ0) is 18.0. The molecule has 0 saturated carbocycles. The normalized spacial score (nSPS) is 13.0. The molecule has 2 aromatic rings. The van der Waals surface area contributed by atoms with E-state index in [2.05, 4.69) is 5.32 Å². The highest BCUT2D eigenvalue weighted by Gasteiger charge is 2.34. The number of para-hydroxylation sites is 1. The Morgan fingerprint density at radius 3 is 2.36 bits per heavy atom. The number of hydrogen-bond acceptors (Lipinski definition) is 4. The first-order valence-electron chi connectivity index (χ1n) is 7.63. The molecule has 1 N–H and O–H groups in total. The summed E-state index contributed by atoms with van der Waals surface area (Å²) in [5, 5.41) is 3.60. The molecule has 0 fully saturated rings. The van der Waals surface area contributed by atoms with Crippen LogP contribution in [0.2, 0.25) is 5.02 Å². The van der Waals surface area contributed by atoms with E-state index >= 15 is 0 Å². The molecule has 0 aromatic heterocycles. The third-order valence-corrected chi connectivity index (χ3v) is 4.41. The molecular weight excluding hydrogens is 360 g/mol. The minimum atomic E-state index is -0.315. The van der Waals surface area contributed by atoms with Crippen molar-refractivity contribution in [1.29, 1.82) is 0 Å². The Labute approximate surface area is 155 Å². The standard InChI is InChI=1S/C18H15ClN2O3S/c1-11-5-4-8-14(19)15(11)20-18(25)24-10-9-21-16(22)12-6-2-3-7-13(12)17(21)23/h2-8H,9-10H2,1H3,(H,20,25). The Morgan fingerprint density at radius 1 is 1.12 bits per heavy atom. The van der Waals surface area contributed by atoms with Crippen LogP contribution in [0.3, 0.4) is 0 Å². The summed E-state index contributed by atoms with van der Waals surface area (Å²) in [7, 11) is 0. The third-order valence-electron chi connectivity index (χ3n) is 3.88. The fraction of sp³-hybridized carbons (Fsp3) is 0.167. The number of benzene rings is 2. The van der Waals surface area contributed by atoms with Gasteiger partial charge in [-0.2, -0.15) is 0 Å². The van der Waals surface area contributed by atoms with Crippen LogP contribution in [0.4, 0.5) is 5.69 Å². The van der Waals surface area contributed by atoms with Gasteiger partial charge in [-0.15, -0.1) is 0 Å². The van der Waals surface area contributed by atoms with Crippen LogP contribution in [0.1, 0.15) is 26.3 Å². The second kappa shape index (κ2) is 7.21. The molecule has 1 aliphatic heterocycles. The molecule has 1 aliphatic rings. The highest BCUT2D eigenvalue weighted by atomic mass is 35.5. The van der Waals surface area contributed by atoms with Crippen LogP contribution >= 0.6 is 23.8 Å². The van der Waals surface area contributed by atoms with Gasteiger partial charge in [0.25, 0.3) is 17.0 Å². The second-order valence-electron chi connectivity index (χ2n) is 5.50. The van der Waals surface area contributed by atoms with Crippen LogP contribution in [0.15, 0.2) is 42.5 Å². The van der Waals surface area contributed by atoms with Gasteiger partial charge in [0.15, 0.2) is 0 Å². The number of imide groups is 1. The Morgan fingerprint density at radius 2 is 1.76 bits per heavy atom. The van der Waals surface area contributed by atoms with Crippen LogP contribution < -0.4 is 5.32 Å². The van der Waals surface area contributed by atoms with Crippen molar-refractivity contribution >= 4 is 46.5 Å². The molecule has 5 nitrogen and oxygen atoms in total. The lowest BCUT2D eigenvalue weighted by Crippen LogP contribution is -2.33. The molecule has 0 bridgehead atoms. The number of fused-ring (bicyclic) bond motifs is 1. The summed E-state index contributed by atoms with van der Waals surface area (Å²) < 4.78 is 5.43. The van der Waals surface area contributed by atoms with Crippen molar-refractivity contribution in [3.05, 3.63) is 64.2 Å². The van der Waals surface area contributed by atoms with Crippen molar-refractivity contribution in [2.24, 2.45) is 0 Å². The molecule has 25 heavy (non-hydrogen) atoms. The summed E-state index contributed by atoms with van der Waals surface area (Å²) in [5.41, 5.74) is 2.44. The summed E-state index contributed by atoms with van der Waals surface area (Å²) in [6.07, 6.45) is 0. The zero-order valence-electron chi connectivity index (χ0n) is 13.4. The molecule has 0 unspecified atom stereocenters. The number of thiocarbonyl (C=S) groups is 1. The minimum Gasteiger partial charge on any atom is -0.469 e. The van der Waals surface area contributed by atoms with E-state index < -0.39 is 0 Å². The molecule has 7 heteroatoms. The molecule has 1 heterocycles. The van der Waals surface area contributed by atoms with Crippen molar-refractivity contribution < 1.29 is 14.3 Å². The fourth-order valence-corrected chi connectivity index (χ4v) is 3.05. The van der Waals surface area contributed by atoms with Crippen molar-refractivity contribution in [1.82, 2.24) is 4.90 Å². The summed E-state index contributed by atoms with van der Waals surface area (Å²) in [4.78, 5) is 25.7. The maximum Gasteiger partial charge on any atom is 0.261 e. The number of aryl methyl sites for hydroxylation is 1. The van der Waals surface area contributed by atoms with Gasteiger partial charge >= 0.3 is 0 Å². The summed E-state index contributed by atoms with van der Waals surface area (Å²) in [6.45, 7) is 2.12. The molecule has 0 aliphatic carbocycles. The van der Waals surface area contributed by atoms with E-state index in [1.54, 1.807) is 30.3 Å². The van der Waals surface area contributed by atoms with Gasteiger partial charge in [0, 0.05) is 0 Å². The van der Waals surface area contributed by atoms with Crippen molar-refractivity contribution in [3.8, 4) is 0 Å². The van der Waals surface area contributed by atoms with E-state index in [9.17, 15) is 9.59 Å². The van der Waals surface area contributed by atoms with E-state index in [-0.39, 0.29) is 30.1 Å². The Bertz CT molecular complexity index is 814. The van der Waals surface area contributed by atoms with Gasteiger partial charge in [0.1, 0.15) is 6.61 Å². The van der Waals surface area contributed by atoms with Gasteiger partial charge in [-0.1, -0.05) is 35.9 Å². The molecule has 3 rings (SSSR count). The first-order valence-corrected chi connectivity index (χ1v) is 8.42. The van der Waals surface area contributed by atoms with Gasteiger partial charge in [0.05, 0.1) is 28.4 Å². The first-order chi connectivity index (χ1) is 12.0. The Kier molecular flexibility index (Phi) is 5.01. The largest absolute Gasteiger partial charge is 0.469 e. The maximum absolute atomic E-state index is 12.2. The van der Waals surface area contributed by atoms with Gasteiger partial charge in [0.2, 0.25) is 0 Å². The topological polar surface area (TPSA) is 58.6 Å². The summed E-state index contributed by atoms with van der Waals surface area (Å²) in [5.74, 6) is -0.630. The van der Waals surface area contributed by atoms with E-state index in [0.29, 0.717) is 21.8 Å². The number of ether oxygens (including phenoxy) is 1. The number of carbonyl (C=O) groups excluding carboxylic acids is 2. The number of anilines is 1. The highest BCUT2D eigenvalue weighted by molar-refractivity contribution is 7.80. The number of rotatable bonds is 4. The summed E-state index contributed by atoms with van der Waals surface area (Å²) in [6, 6.07) is 12.2. The zero-order valence-corrected chi connectivity index (χ0v) is 15.0. The predicted octanol–water partition coefficient (Wildman–Crippen LogP) is 3.66. The van der Waals surface area contributed by atoms with Gasteiger partial charge < -0.3 is 10.1 Å². The highest BCUT2D eigenvalue weighted by Crippen LogP contribution is 2.25. The average Bonchev–Trinajstić information content (AvgIpc) is 2.84. The number of carbonyl (C=O) groups is 2. The van der Waals surface area contributed by atoms with E-state index in [4.69, 9.17) is 28.6 Å². The summed E-state index contributed by atoms with van der Waals surface area (Å²) >= 11 is 11.3. The molecular formula is C18H15ClN2O3S. The SMILES string of the molecule is Cc1cccc(Cl)c1NC(=S)OCCN1C(=O)c2ccccc2C1=O. The number of amides is 2. The lowest BCUT2D eigenvalue weighted by molar-refractivity contribution is 0.0629. The molecule has 0 atom stereocenters. The average molecular weight is 375 g/mol. The second-order valence-corrected chi connectivity index (χ2v) is 6.28. The van der Waals surface area contributed by atoms with Crippen molar-refractivity contribution in [3.63, 3.8) is 0 Å². The third kappa shape index (κ3) is 3.50. The lowest BCUT2D eigenvalue weighted by atomic mass is 10.1. The molecule has 2 amide bonds. The quantitative estimate of drug-likeness (QED) is 0.653. The first kappa shape index (κ1) is 17.4. The van der Waals surface area contributed by atoms with Crippen LogP contribution in [-0.2, 0) is 4.74 Å². The van der Waals surface area contributed by atoms with Crippen LogP contribution in [0, 0.1) is 6.92 Å². The number of hydrogen-bond donors (Lipinski definition) is 1. The van der Waals surface area contributed by atoms with E-state index in [1.807, 2.05) is 19.1 Å². The fourth-order valence-electron chi connectivity index (χ4n) is 2.60. The number of nitrogens with zero attached hydrogens (tertiary/aromatic N) is 1. The molecule has 0 saturated heterocycles. The van der Waals surface area contributed by atoms with Gasteiger partial charge in [-0.25, -0.2) is 0 Å². The van der Waals surface area contributed by atoms with E-state index in [0.717, 1.165) is 10.5 Å². The van der Waals surface area contributed by atoms with Crippen LogP contribution in [0.5, 0.6) is 0 Å². The lowest BCUT2D eigenvalue weighted by Gasteiger charge is -2.16. The Hall–Kier alpha value is -2.44. The maximum atomic E-state index is 12.2. The van der Waals surface area contributed by atoms with E-state index in [1.165, 1.54) is 0 Å². The smallest absolute Gasteiger partial charge is 0.261 e. The van der Waals surface area contributed by atoms with Gasteiger partial charge in [-0.05, 0) is 42.9 Å². The Balaban J connectivity index is 1.56. The molecule has 2 aromatic carbocycles. The van der Waals surface area contributed by atoms with Crippen molar-refractivity contribution in [2.45, 2.75) is 6.92 Å². The van der Waals surface area contributed by atoms with Gasteiger partial charge in [-0.3, -0.25) is 14.5 Å². The minimum absolute atomic E-state index is 0.0980. The predicted molar refractivity (Wildman–Crippen MR) is 100 cm³/mol. The number of nitrogens with one attached hydrogen (secondary N) is 1. The molecule has 128 valence electrons. The molecule has 0 spiro atoms. The number of halogens is 1.